The van der Waals surface area contributed by atoms with E-state index >= 15 is 0 Å². The van der Waals surface area contributed by atoms with Crippen LogP contribution in [0, 0.1) is 5.92 Å². The molecule has 0 spiro atoms. The van der Waals surface area contributed by atoms with E-state index in [0.29, 0.717) is 24.4 Å². The number of ether oxygens (including phenoxy) is 1. The lowest BCUT2D eigenvalue weighted by Crippen LogP contribution is -2.54. The maximum Gasteiger partial charge on any atom is 0.408 e. The van der Waals surface area contributed by atoms with Crippen molar-refractivity contribution in [2.24, 2.45) is 5.92 Å². The number of H-pyrrole nitrogens is 1. The maximum absolute atomic E-state index is 13.3. The number of aromatic nitrogens is 4. The second kappa shape index (κ2) is 11.8. The molecule has 3 atom stereocenters. The number of para-hydroxylation sites is 1. The zero-order chi connectivity index (χ0) is 27.2. The fraction of sp³-hybridized carbons (Fsp3) is 0.542. The molecular formula is C24H34N8O5. The van der Waals surface area contributed by atoms with Crippen molar-refractivity contribution in [2.45, 2.75) is 71.7 Å². The summed E-state index contributed by atoms with van der Waals surface area (Å²) in [5.74, 6) is -1.26. The smallest absolute Gasteiger partial charge is 0.408 e. The fourth-order valence-electron chi connectivity index (χ4n) is 3.94. The van der Waals surface area contributed by atoms with Gasteiger partial charge in [0, 0.05) is 12.1 Å². The molecule has 13 nitrogen and oxygen atoms in total. The van der Waals surface area contributed by atoms with E-state index in [0.717, 1.165) is 5.56 Å². The predicted molar refractivity (Wildman–Crippen MR) is 133 cm³/mol. The van der Waals surface area contributed by atoms with Crippen LogP contribution in [0.15, 0.2) is 24.3 Å². The second-order valence-corrected chi connectivity index (χ2v) is 9.89. The van der Waals surface area contributed by atoms with Crippen molar-refractivity contribution in [1.82, 2.24) is 36.6 Å². The Bertz CT molecular complexity index is 1110. The van der Waals surface area contributed by atoms with Crippen LogP contribution >= 0.6 is 0 Å². The molecule has 200 valence electrons. The molecule has 2 aromatic rings. The van der Waals surface area contributed by atoms with Crippen molar-refractivity contribution in [2.75, 3.05) is 11.4 Å². The maximum atomic E-state index is 13.3. The molecule has 0 saturated heterocycles. The molecule has 1 aliphatic rings. The summed E-state index contributed by atoms with van der Waals surface area (Å²) in [6, 6.07) is 5.52. The number of tetrazole rings is 1. The molecule has 37 heavy (non-hydrogen) atoms. The Labute approximate surface area is 215 Å². The number of fused-ring (bicyclic) bond motifs is 1. The number of nitrogens with one attached hydrogen (secondary N) is 4. The first kappa shape index (κ1) is 27.6. The lowest BCUT2D eigenvalue weighted by Gasteiger charge is -2.27. The highest BCUT2D eigenvalue weighted by Crippen LogP contribution is 2.32. The highest BCUT2D eigenvalue weighted by Gasteiger charge is 2.38. The highest BCUT2D eigenvalue weighted by atomic mass is 16.6. The number of benzene rings is 1. The van der Waals surface area contributed by atoms with Crippen LogP contribution in [0.25, 0.3) is 0 Å². The Balaban J connectivity index is 1.68. The van der Waals surface area contributed by atoms with Crippen LogP contribution in [0.1, 0.15) is 52.4 Å². The predicted octanol–water partition coefficient (Wildman–Crippen LogP) is 0.829. The van der Waals surface area contributed by atoms with Crippen molar-refractivity contribution in [3.05, 3.63) is 35.7 Å². The molecule has 1 aromatic heterocycles. The topological polar surface area (TPSA) is 171 Å². The summed E-state index contributed by atoms with van der Waals surface area (Å²) in [7, 11) is 0. The lowest BCUT2D eigenvalue weighted by atomic mass is 9.98. The number of hydrogen-bond donors (Lipinski definition) is 4. The van der Waals surface area contributed by atoms with Crippen LogP contribution in [0.4, 0.5) is 10.5 Å². The van der Waals surface area contributed by atoms with Crippen LogP contribution in [0.3, 0.4) is 0 Å². The molecule has 1 aromatic carbocycles. The number of alkyl carbamates (subject to hydrolysis) is 1. The van der Waals surface area contributed by atoms with Gasteiger partial charge in [-0.05, 0) is 38.3 Å². The van der Waals surface area contributed by atoms with E-state index in [2.05, 4.69) is 36.6 Å². The van der Waals surface area contributed by atoms with Crippen LogP contribution in [0.5, 0.6) is 0 Å². The van der Waals surface area contributed by atoms with E-state index in [-0.39, 0.29) is 24.9 Å². The minimum absolute atomic E-state index is 0.0495. The summed E-state index contributed by atoms with van der Waals surface area (Å²) in [5, 5.41) is 21.3. The van der Waals surface area contributed by atoms with Gasteiger partial charge in [-0.2, -0.15) is 5.21 Å². The molecule has 3 rings (SSSR count). The zero-order valence-corrected chi connectivity index (χ0v) is 21.7. The molecule has 0 aliphatic carbocycles. The normalized spacial score (nSPS) is 16.4. The van der Waals surface area contributed by atoms with Gasteiger partial charge in [-0.25, -0.2) is 4.79 Å². The Morgan fingerprint density at radius 1 is 1.19 bits per heavy atom. The van der Waals surface area contributed by atoms with Gasteiger partial charge in [-0.1, -0.05) is 43.7 Å². The number of nitrogens with zero attached hydrogens (tertiary/aromatic N) is 4. The SMILES string of the molecule is CC[C@@H](C)[C@H](NC(=O)OC(C)(C)C)C(=O)NCC(=O)N1c2ccccc2C[C@H]1C(=O)NCc1nn[nH]n1. The van der Waals surface area contributed by atoms with Crippen molar-refractivity contribution in [1.29, 1.82) is 0 Å². The quantitative estimate of drug-likeness (QED) is 0.381. The third kappa shape index (κ3) is 7.24. The number of amides is 4. The Morgan fingerprint density at radius 2 is 1.92 bits per heavy atom. The molecule has 0 bridgehead atoms. The summed E-state index contributed by atoms with van der Waals surface area (Å²) in [6.07, 6.45) is 0.221. The van der Waals surface area contributed by atoms with Crippen molar-refractivity contribution < 1.29 is 23.9 Å². The average molecular weight is 515 g/mol. The van der Waals surface area contributed by atoms with E-state index in [9.17, 15) is 19.2 Å². The number of carbonyl (C=O) groups is 4. The molecule has 4 N–H and O–H groups in total. The number of anilines is 1. The molecule has 13 heteroatoms. The van der Waals surface area contributed by atoms with E-state index < -0.39 is 35.6 Å². The number of aromatic amines is 1. The third-order valence-corrected chi connectivity index (χ3v) is 5.94. The standard InChI is InChI=1S/C24H34N8O5/c1-6-14(2)20(27-23(36)37-24(3,4)5)22(35)26-13-19(33)32-16-10-8-7-9-15(16)11-17(32)21(34)25-12-18-28-30-31-29-18/h7-10,14,17,20H,6,11-13H2,1-5H3,(H,25,34)(H,26,35)(H,27,36)(H,28,29,30,31)/t14-,17+,20+/m1/s1. The van der Waals surface area contributed by atoms with Crippen LogP contribution < -0.4 is 20.9 Å². The van der Waals surface area contributed by atoms with Gasteiger partial charge in [0.05, 0.1) is 13.1 Å². The summed E-state index contributed by atoms with van der Waals surface area (Å²) in [4.78, 5) is 53.0. The molecule has 2 heterocycles. The number of carbonyl (C=O) groups excluding carboxylic acids is 4. The van der Waals surface area contributed by atoms with Gasteiger partial charge in [-0.15, -0.1) is 10.2 Å². The van der Waals surface area contributed by atoms with Crippen LogP contribution in [-0.2, 0) is 32.1 Å². The summed E-state index contributed by atoms with van der Waals surface area (Å²) >= 11 is 0. The second-order valence-electron chi connectivity index (χ2n) is 9.89. The van der Waals surface area contributed by atoms with E-state index in [1.807, 2.05) is 26.0 Å². The van der Waals surface area contributed by atoms with Crippen molar-refractivity contribution in [3.8, 4) is 0 Å². The zero-order valence-electron chi connectivity index (χ0n) is 21.7. The molecule has 0 fully saturated rings. The summed E-state index contributed by atoms with van der Waals surface area (Å²) < 4.78 is 5.28. The number of hydrogen-bond acceptors (Lipinski definition) is 8. The molecular weight excluding hydrogens is 480 g/mol. The van der Waals surface area contributed by atoms with Crippen LogP contribution in [0.2, 0.25) is 0 Å². The summed E-state index contributed by atoms with van der Waals surface area (Å²) in [5.41, 5.74) is 0.719. The lowest BCUT2D eigenvalue weighted by molar-refractivity contribution is -0.128. The van der Waals surface area contributed by atoms with Gasteiger partial charge < -0.3 is 20.7 Å². The van der Waals surface area contributed by atoms with Gasteiger partial charge in [0.2, 0.25) is 17.7 Å². The Morgan fingerprint density at radius 3 is 2.57 bits per heavy atom. The molecule has 4 amide bonds. The summed E-state index contributed by atoms with van der Waals surface area (Å²) in [6.45, 7) is 8.60. The van der Waals surface area contributed by atoms with Crippen molar-refractivity contribution in [3.63, 3.8) is 0 Å². The Hall–Kier alpha value is -4.03. The van der Waals surface area contributed by atoms with E-state index in [1.54, 1.807) is 32.9 Å². The highest BCUT2D eigenvalue weighted by molar-refractivity contribution is 6.05. The molecule has 0 saturated carbocycles. The third-order valence-electron chi connectivity index (χ3n) is 5.94. The van der Waals surface area contributed by atoms with Gasteiger partial charge in [-0.3, -0.25) is 19.3 Å². The average Bonchev–Trinajstić information content (AvgIpc) is 3.50. The van der Waals surface area contributed by atoms with Gasteiger partial charge in [0.1, 0.15) is 17.7 Å². The monoisotopic (exact) mass is 514 g/mol. The van der Waals surface area contributed by atoms with Crippen molar-refractivity contribution >= 4 is 29.5 Å². The Kier molecular flexibility index (Phi) is 8.79. The largest absolute Gasteiger partial charge is 0.444 e. The molecule has 0 radical (unpaired) electrons. The van der Waals surface area contributed by atoms with E-state index in [1.165, 1.54) is 4.90 Å². The van der Waals surface area contributed by atoms with Gasteiger partial charge in [0.25, 0.3) is 0 Å². The first-order valence-electron chi connectivity index (χ1n) is 12.2. The first-order valence-corrected chi connectivity index (χ1v) is 12.2. The molecule has 1 aliphatic heterocycles. The first-order chi connectivity index (χ1) is 17.5. The van der Waals surface area contributed by atoms with Gasteiger partial charge >= 0.3 is 6.09 Å². The van der Waals surface area contributed by atoms with Gasteiger partial charge in [0.15, 0.2) is 5.82 Å². The minimum Gasteiger partial charge on any atom is -0.444 e. The van der Waals surface area contributed by atoms with E-state index in [4.69, 9.17) is 4.74 Å². The minimum atomic E-state index is -0.896. The van der Waals surface area contributed by atoms with Crippen LogP contribution in [-0.4, -0.2) is 68.7 Å². The number of rotatable bonds is 9. The fourth-order valence-corrected chi connectivity index (χ4v) is 3.94. The molecule has 0 unspecified atom stereocenters.